The molecule has 0 saturated heterocycles. The molecule has 2 N–H and O–H groups in total. The van der Waals surface area contributed by atoms with Gasteiger partial charge in [0.1, 0.15) is 35.5 Å². The summed E-state index contributed by atoms with van der Waals surface area (Å²) in [5.41, 5.74) is 1.50. The molecule has 0 bridgehead atoms. The van der Waals surface area contributed by atoms with Crippen LogP contribution in [0.2, 0.25) is 0 Å². The van der Waals surface area contributed by atoms with Crippen LogP contribution < -0.4 is 10.1 Å². The molecule has 0 fully saturated rings. The third-order valence-electron chi connectivity index (χ3n) is 3.69. The molecule has 0 aliphatic heterocycles. The zero-order valence-corrected chi connectivity index (χ0v) is 16.9. The van der Waals surface area contributed by atoms with Crippen molar-refractivity contribution in [2.24, 2.45) is 0 Å². The Morgan fingerprint density at radius 1 is 1.11 bits per heavy atom. The summed E-state index contributed by atoms with van der Waals surface area (Å²) in [7, 11) is 0. The van der Waals surface area contributed by atoms with Crippen molar-refractivity contribution >= 4 is 12.1 Å². The first-order valence-corrected chi connectivity index (χ1v) is 9.03. The van der Waals surface area contributed by atoms with Crippen LogP contribution in [0.4, 0.5) is 4.79 Å². The number of carbonyl (C=O) groups is 2. The van der Waals surface area contributed by atoms with E-state index in [1.54, 1.807) is 32.9 Å². The molecule has 0 spiro atoms. The summed E-state index contributed by atoms with van der Waals surface area (Å²) in [6.07, 6.45) is -0.789. The summed E-state index contributed by atoms with van der Waals surface area (Å²) in [4.78, 5) is 23.3. The van der Waals surface area contributed by atoms with E-state index < -0.39 is 23.7 Å². The SMILES string of the molecule is Cc1cc(C)cc(OCc2ccc(CC(NC(=O)OC(C)(C)C)C(=O)O)o2)c1. The number of hydrogen-bond donors (Lipinski definition) is 2. The molecule has 1 aromatic heterocycles. The Morgan fingerprint density at radius 2 is 1.71 bits per heavy atom. The number of furan rings is 1. The number of carboxylic acid groups (broad SMARTS) is 1. The van der Waals surface area contributed by atoms with Crippen LogP contribution in [0.5, 0.6) is 5.75 Å². The van der Waals surface area contributed by atoms with Gasteiger partial charge >= 0.3 is 12.1 Å². The van der Waals surface area contributed by atoms with E-state index in [4.69, 9.17) is 13.9 Å². The molecule has 0 radical (unpaired) electrons. The molecule has 1 heterocycles. The van der Waals surface area contributed by atoms with Crippen molar-refractivity contribution in [3.05, 3.63) is 53.0 Å². The second kappa shape index (κ2) is 8.82. The average Bonchev–Trinajstić information content (AvgIpc) is 2.97. The van der Waals surface area contributed by atoms with Crippen LogP contribution in [0.1, 0.15) is 43.4 Å². The summed E-state index contributed by atoms with van der Waals surface area (Å²) in [5.74, 6) is 0.568. The molecule has 0 aliphatic carbocycles. The number of hydrogen-bond acceptors (Lipinski definition) is 5. The highest BCUT2D eigenvalue weighted by Crippen LogP contribution is 2.19. The van der Waals surface area contributed by atoms with Gasteiger partial charge in [-0.3, -0.25) is 0 Å². The maximum atomic E-state index is 11.8. The molecule has 0 aliphatic rings. The molecule has 152 valence electrons. The van der Waals surface area contributed by atoms with Gasteiger partial charge in [0.2, 0.25) is 0 Å². The Kier molecular flexibility index (Phi) is 6.72. The molecule has 2 rings (SSSR count). The Hall–Kier alpha value is -2.96. The summed E-state index contributed by atoms with van der Waals surface area (Å²) < 4.78 is 16.5. The molecule has 1 amide bonds. The third-order valence-corrected chi connectivity index (χ3v) is 3.69. The number of nitrogens with one attached hydrogen (secondary N) is 1. The lowest BCUT2D eigenvalue weighted by molar-refractivity contribution is -0.139. The number of aliphatic carboxylic acids is 1. The molecule has 2 aromatic rings. The Bertz CT molecular complexity index is 813. The highest BCUT2D eigenvalue weighted by molar-refractivity contribution is 5.80. The van der Waals surface area contributed by atoms with Crippen molar-refractivity contribution < 1.29 is 28.6 Å². The average molecular weight is 389 g/mol. The topological polar surface area (TPSA) is 98.0 Å². The summed E-state index contributed by atoms with van der Waals surface area (Å²) in [5, 5.41) is 11.7. The van der Waals surface area contributed by atoms with Gasteiger partial charge in [-0.15, -0.1) is 0 Å². The minimum atomic E-state index is -1.17. The first kappa shape index (κ1) is 21.3. The van der Waals surface area contributed by atoms with Crippen molar-refractivity contribution in [1.82, 2.24) is 5.32 Å². The third kappa shape index (κ3) is 6.98. The molecular weight excluding hydrogens is 362 g/mol. The second-order valence-corrected chi connectivity index (χ2v) is 7.72. The molecule has 7 nitrogen and oxygen atoms in total. The first-order chi connectivity index (χ1) is 13.0. The summed E-state index contributed by atoms with van der Waals surface area (Å²) in [6.45, 7) is 9.33. The largest absolute Gasteiger partial charge is 0.486 e. The van der Waals surface area contributed by atoms with Crippen molar-refractivity contribution in [3.63, 3.8) is 0 Å². The van der Waals surface area contributed by atoms with E-state index in [1.165, 1.54) is 0 Å². The van der Waals surface area contributed by atoms with E-state index in [1.807, 2.05) is 26.0 Å². The fourth-order valence-corrected chi connectivity index (χ4v) is 2.63. The summed E-state index contributed by atoms with van der Waals surface area (Å²) >= 11 is 0. The minimum absolute atomic E-state index is 0.00186. The monoisotopic (exact) mass is 389 g/mol. The number of carboxylic acids is 1. The van der Waals surface area contributed by atoms with E-state index in [0.717, 1.165) is 16.9 Å². The van der Waals surface area contributed by atoms with Crippen molar-refractivity contribution in [2.45, 2.75) is 59.3 Å². The van der Waals surface area contributed by atoms with E-state index in [-0.39, 0.29) is 13.0 Å². The van der Waals surface area contributed by atoms with E-state index in [2.05, 4.69) is 11.4 Å². The smallest absolute Gasteiger partial charge is 0.408 e. The van der Waals surface area contributed by atoms with Gasteiger partial charge in [-0.05, 0) is 70.0 Å². The Morgan fingerprint density at radius 3 is 2.29 bits per heavy atom. The van der Waals surface area contributed by atoms with Crippen LogP contribution in [0.15, 0.2) is 34.7 Å². The van der Waals surface area contributed by atoms with Crippen LogP contribution in [-0.4, -0.2) is 28.8 Å². The maximum absolute atomic E-state index is 11.8. The molecule has 1 unspecified atom stereocenters. The lowest BCUT2D eigenvalue weighted by Gasteiger charge is -2.21. The molecule has 28 heavy (non-hydrogen) atoms. The number of rotatable bonds is 7. The fourth-order valence-electron chi connectivity index (χ4n) is 2.63. The van der Waals surface area contributed by atoms with Crippen LogP contribution in [0.25, 0.3) is 0 Å². The number of alkyl carbamates (subject to hydrolysis) is 1. The zero-order valence-electron chi connectivity index (χ0n) is 16.9. The van der Waals surface area contributed by atoms with Crippen molar-refractivity contribution in [3.8, 4) is 5.75 Å². The second-order valence-electron chi connectivity index (χ2n) is 7.72. The zero-order chi connectivity index (χ0) is 20.9. The lowest BCUT2D eigenvalue weighted by Crippen LogP contribution is -2.44. The number of benzene rings is 1. The highest BCUT2D eigenvalue weighted by atomic mass is 16.6. The van der Waals surface area contributed by atoms with Crippen LogP contribution >= 0.6 is 0 Å². The molecule has 0 saturated carbocycles. The van der Waals surface area contributed by atoms with E-state index >= 15 is 0 Å². The minimum Gasteiger partial charge on any atom is -0.486 e. The van der Waals surface area contributed by atoms with Gasteiger partial charge in [0.05, 0.1) is 0 Å². The normalized spacial score (nSPS) is 12.3. The predicted octanol–water partition coefficient (Wildman–Crippen LogP) is 4.00. The summed E-state index contributed by atoms with van der Waals surface area (Å²) in [6, 6.07) is 8.16. The predicted molar refractivity (Wildman–Crippen MR) is 103 cm³/mol. The van der Waals surface area contributed by atoms with Gasteiger partial charge in [-0.25, -0.2) is 9.59 Å². The maximum Gasteiger partial charge on any atom is 0.408 e. The van der Waals surface area contributed by atoms with Crippen LogP contribution in [-0.2, 0) is 22.6 Å². The van der Waals surface area contributed by atoms with Gasteiger partial charge in [0, 0.05) is 6.42 Å². The first-order valence-electron chi connectivity index (χ1n) is 9.03. The Labute approximate surface area is 164 Å². The Balaban J connectivity index is 1.95. The standard InChI is InChI=1S/C21H27NO6/c1-13-8-14(2)10-17(9-13)26-12-16-7-6-15(27-16)11-18(19(23)24)22-20(25)28-21(3,4)5/h6-10,18H,11-12H2,1-5H3,(H,22,25)(H,23,24). The molecule has 1 aromatic carbocycles. The van der Waals surface area contributed by atoms with Gasteiger partial charge < -0.3 is 24.3 Å². The number of ether oxygens (including phenoxy) is 2. The van der Waals surface area contributed by atoms with Gasteiger partial charge in [0.25, 0.3) is 0 Å². The highest BCUT2D eigenvalue weighted by Gasteiger charge is 2.25. The number of amides is 1. The van der Waals surface area contributed by atoms with E-state index in [0.29, 0.717) is 11.5 Å². The quantitative estimate of drug-likeness (QED) is 0.743. The molecule has 7 heteroatoms. The lowest BCUT2D eigenvalue weighted by atomic mass is 10.1. The van der Waals surface area contributed by atoms with Crippen molar-refractivity contribution in [1.29, 1.82) is 0 Å². The van der Waals surface area contributed by atoms with E-state index in [9.17, 15) is 14.7 Å². The number of aryl methyl sites for hydroxylation is 2. The molecular formula is C21H27NO6. The van der Waals surface area contributed by atoms with Gasteiger partial charge in [0.15, 0.2) is 0 Å². The fraction of sp³-hybridized carbons (Fsp3) is 0.429. The number of carbonyl (C=O) groups excluding carboxylic acids is 1. The van der Waals surface area contributed by atoms with Crippen LogP contribution in [0.3, 0.4) is 0 Å². The van der Waals surface area contributed by atoms with Gasteiger partial charge in [-0.1, -0.05) is 6.07 Å². The molecule has 1 atom stereocenters. The van der Waals surface area contributed by atoms with Crippen LogP contribution in [0, 0.1) is 13.8 Å². The van der Waals surface area contributed by atoms with Crippen molar-refractivity contribution in [2.75, 3.05) is 0 Å². The van der Waals surface area contributed by atoms with Gasteiger partial charge in [-0.2, -0.15) is 0 Å².